The minimum atomic E-state index is -0.435. The first-order chi connectivity index (χ1) is 8.70. The zero-order valence-corrected chi connectivity index (χ0v) is 9.48. The van der Waals surface area contributed by atoms with Crippen LogP contribution in [0.25, 0.3) is 11.3 Å². The van der Waals surface area contributed by atoms with E-state index in [0.717, 1.165) is 11.3 Å². The highest BCUT2D eigenvalue weighted by Gasteiger charge is 2.06. The number of nitro groups is 1. The Bertz CT molecular complexity index is 595. The standard InChI is InChI=1S/C12H10N4O2/c13-6-1-7-15-8-12(14-9-15)10-2-4-11(5-3-10)16(17)18/h2-5,8-9H,1,7H2. The SMILES string of the molecule is N#CCCn1cnc(-c2ccc([N+](=O)[O-])cc2)c1. The fourth-order valence-corrected chi connectivity index (χ4v) is 1.56. The number of aromatic nitrogens is 2. The molecule has 0 N–H and O–H groups in total. The number of nitro benzene ring substituents is 1. The van der Waals surface area contributed by atoms with Crippen LogP contribution >= 0.6 is 0 Å². The van der Waals surface area contributed by atoms with Gasteiger partial charge in [0, 0.05) is 30.4 Å². The summed E-state index contributed by atoms with van der Waals surface area (Å²) in [5.41, 5.74) is 1.61. The van der Waals surface area contributed by atoms with Gasteiger partial charge in [0.15, 0.2) is 0 Å². The monoisotopic (exact) mass is 242 g/mol. The molecule has 0 saturated carbocycles. The number of benzene rings is 1. The summed E-state index contributed by atoms with van der Waals surface area (Å²) in [6.07, 6.45) is 3.89. The molecule has 1 heterocycles. The van der Waals surface area contributed by atoms with Crippen molar-refractivity contribution in [1.29, 1.82) is 5.26 Å². The lowest BCUT2D eigenvalue weighted by atomic mass is 10.1. The third kappa shape index (κ3) is 2.52. The molecule has 1 aromatic carbocycles. The van der Waals surface area contributed by atoms with E-state index in [2.05, 4.69) is 11.1 Å². The molecule has 6 heteroatoms. The first kappa shape index (κ1) is 11.8. The van der Waals surface area contributed by atoms with Crippen LogP contribution in [0.3, 0.4) is 0 Å². The highest BCUT2D eigenvalue weighted by Crippen LogP contribution is 2.20. The fourth-order valence-electron chi connectivity index (χ4n) is 1.56. The number of non-ortho nitro benzene ring substituents is 1. The van der Waals surface area contributed by atoms with Crippen LogP contribution in [0.15, 0.2) is 36.8 Å². The molecule has 18 heavy (non-hydrogen) atoms. The minimum Gasteiger partial charge on any atom is -0.336 e. The molecule has 0 atom stereocenters. The summed E-state index contributed by atoms with van der Waals surface area (Å²) in [5, 5.41) is 19.0. The number of rotatable bonds is 4. The number of nitrogens with zero attached hydrogens (tertiary/aromatic N) is 4. The van der Waals surface area contributed by atoms with E-state index in [4.69, 9.17) is 5.26 Å². The number of imidazole rings is 1. The van der Waals surface area contributed by atoms with E-state index in [9.17, 15) is 10.1 Å². The van der Waals surface area contributed by atoms with Crippen LogP contribution in [0.1, 0.15) is 6.42 Å². The molecular formula is C12H10N4O2. The molecule has 90 valence electrons. The van der Waals surface area contributed by atoms with Crippen molar-refractivity contribution in [3.8, 4) is 17.3 Å². The number of hydrogen-bond acceptors (Lipinski definition) is 4. The van der Waals surface area contributed by atoms with E-state index in [-0.39, 0.29) is 5.69 Å². The Balaban J connectivity index is 2.18. The molecule has 1 aromatic heterocycles. The summed E-state index contributed by atoms with van der Waals surface area (Å²) in [4.78, 5) is 14.3. The largest absolute Gasteiger partial charge is 0.336 e. The van der Waals surface area contributed by atoms with Gasteiger partial charge < -0.3 is 4.57 Å². The molecule has 0 aliphatic carbocycles. The Morgan fingerprint density at radius 2 is 2.11 bits per heavy atom. The lowest BCUT2D eigenvalue weighted by Gasteiger charge is -1.97. The van der Waals surface area contributed by atoms with Crippen LogP contribution in [0, 0.1) is 21.4 Å². The average molecular weight is 242 g/mol. The molecule has 0 fully saturated rings. The van der Waals surface area contributed by atoms with Gasteiger partial charge in [0.25, 0.3) is 5.69 Å². The van der Waals surface area contributed by atoms with Crippen LogP contribution in [-0.2, 0) is 6.54 Å². The van der Waals surface area contributed by atoms with E-state index in [1.54, 1.807) is 18.5 Å². The Morgan fingerprint density at radius 1 is 1.39 bits per heavy atom. The van der Waals surface area contributed by atoms with Crippen LogP contribution < -0.4 is 0 Å². The molecule has 2 aromatic rings. The molecule has 0 aliphatic rings. The maximum absolute atomic E-state index is 10.5. The van der Waals surface area contributed by atoms with E-state index >= 15 is 0 Å². The summed E-state index contributed by atoms with van der Waals surface area (Å²) >= 11 is 0. The van der Waals surface area contributed by atoms with Crippen LogP contribution in [0.2, 0.25) is 0 Å². The maximum Gasteiger partial charge on any atom is 0.269 e. The highest BCUT2D eigenvalue weighted by molar-refractivity contribution is 5.60. The van der Waals surface area contributed by atoms with Crippen molar-refractivity contribution in [3.63, 3.8) is 0 Å². The van der Waals surface area contributed by atoms with Crippen LogP contribution in [0.5, 0.6) is 0 Å². The molecule has 0 bridgehead atoms. The molecule has 0 radical (unpaired) electrons. The summed E-state index contributed by atoms with van der Waals surface area (Å²) in [6, 6.07) is 8.28. The topological polar surface area (TPSA) is 84.8 Å². The van der Waals surface area contributed by atoms with Crippen molar-refractivity contribution in [1.82, 2.24) is 9.55 Å². The quantitative estimate of drug-likeness (QED) is 0.608. The van der Waals surface area contributed by atoms with Crippen molar-refractivity contribution in [2.24, 2.45) is 0 Å². The lowest BCUT2D eigenvalue weighted by molar-refractivity contribution is -0.384. The van der Waals surface area contributed by atoms with Crippen molar-refractivity contribution in [2.75, 3.05) is 0 Å². The Morgan fingerprint density at radius 3 is 2.72 bits per heavy atom. The summed E-state index contributed by atoms with van der Waals surface area (Å²) in [7, 11) is 0. The van der Waals surface area contributed by atoms with Gasteiger partial charge in [-0.2, -0.15) is 5.26 Å². The number of hydrogen-bond donors (Lipinski definition) is 0. The molecular weight excluding hydrogens is 232 g/mol. The van der Waals surface area contributed by atoms with Crippen molar-refractivity contribution in [3.05, 3.63) is 46.9 Å². The van der Waals surface area contributed by atoms with Gasteiger partial charge in [-0.25, -0.2) is 4.98 Å². The van der Waals surface area contributed by atoms with Gasteiger partial charge in [-0.05, 0) is 12.1 Å². The lowest BCUT2D eigenvalue weighted by Crippen LogP contribution is -1.91. The summed E-state index contributed by atoms with van der Waals surface area (Å²) in [6.45, 7) is 0.594. The molecule has 0 saturated heterocycles. The Kier molecular flexibility index (Phi) is 3.34. The number of aryl methyl sites for hydroxylation is 1. The van der Waals surface area contributed by atoms with Gasteiger partial charge in [-0.3, -0.25) is 10.1 Å². The smallest absolute Gasteiger partial charge is 0.269 e. The molecule has 0 amide bonds. The van der Waals surface area contributed by atoms with Crippen LogP contribution in [0.4, 0.5) is 5.69 Å². The Hall–Kier alpha value is -2.68. The average Bonchev–Trinajstić information content (AvgIpc) is 2.85. The van der Waals surface area contributed by atoms with Gasteiger partial charge in [0.05, 0.1) is 29.4 Å². The molecule has 2 rings (SSSR count). The molecule has 0 unspecified atom stereocenters. The predicted octanol–water partition coefficient (Wildman–Crippen LogP) is 2.37. The predicted molar refractivity (Wildman–Crippen MR) is 64.5 cm³/mol. The van der Waals surface area contributed by atoms with E-state index in [1.807, 2.05) is 10.8 Å². The third-order valence-electron chi connectivity index (χ3n) is 2.49. The second-order valence-electron chi connectivity index (χ2n) is 3.71. The van der Waals surface area contributed by atoms with E-state index in [0.29, 0.717) is 13.0 Å². The second-order valence-corrected chi connectivity index (χ2v) is 3.71. The summed E-state index contributed by atoms with van der Waals surface area (Å²) in [5.74, 6) is 0. The highest BCUT2D eigenvalue weighted by atomic mass is 16.6. The van der Waals surface area contributed by atoms with Crippen molar-refractivity contribution < 1.29 is 4.92 Å². The Labute approximate surface area is 103 Å². The van der Waals surface area contributed by atoms with Gasteiger partial charge in [-0.15, -0.1) is 0 Å². The van der Waals surface area contributed by atoms with Gasteiger partial charge in [0.1, 0.15) is 0 Å². The minimum absolute atomic E-state index is 0.0580. The van der Waals surface area contributed by atoms with E-state index in [1.165, 1.54) is 12.1 Å². The van der Waals surface area contributed by atoms with Crippen molar-refractivity contribution >= 4 is 5.69 Å². The summed E-state index contributed by atoms with van der Waals surface area (Å²) < 4.78 is 1.82. The zero-order chi connectivity index (χ0) is 13.0. The van der Waals surface area contributed by atoms with Gasteiger partial charge >= 0.3 is 0 Å². The normalized spacial score (nSPS) is 9.94. The maximum atomic E-state index is 10.5. The molecule has 0 aliphatic heterocycles. The van der Waals surface area contributed by atoms with Crippen molar-refractivity contribution in [2.45, 2.75) is 13.0 Å². The first-order valence-electron chi connectivity index (χ1n) is 5.34. The molecule has 0 spiro atoms. The van der Waals surface area contributed by atoms with Gasteiger partial charge in [-0.1, -0.05) is 0 Å². The first-order valence-corrected chi connectivity index (χ1v) is 5.34. The van der Waals surface area contributed by atoms with E-state index < -0.39 is 4.92 Å². The third-order valence-corrected chi connectivity index (χ3v) is 2.49. The van der Waals surface area contributed by atoms with Gasteiger partial charge in [0.2, 0.25) is 0 Å². The van der Waals surface area contributed by atoms with Crippen LogP contribution in [-0.4, -0.2) is 14.5 Å². The fraction of sp³-hybridized carbons (Fsp3) is 0.167. The zero-order valence-electron chi connectivity index (χ0n) is 9.48. The second kappa shape index (κ2) is 5.10. The number of nitriles is 1. The molecule has 6 nitrogen and oxygen atoms in total.